The Labute approximate surface area is 186 Å². The van der Waals surface area contributed by atoms with E-state index in [0.717, 1.165) is 42.9 Å². The van der Waals surface area contributed by atoms with Gasteiger partial charge in [0.1, 0.15) is 0 Å². The summed E-state index contributed by atoms with van der Waals surface area (Å²) < 4.78 is 0. The minimum atomic E-state index is -0.505. The van der Waals surface area contributed by atoms with Gasteiger partial charge < -0.3 is 10.2 Å². The predicted molar refractivity (Wildman–Crippen MR) is 127 cm³/mol. The summed E-state index contributed by atoms with van der Waals surface area (Å²) in [6.07, 6.45) is 17.3. The van der Waals surface area contributed by atoms with E-state index in [1.165, 1.54) is 57.8 Å². The van der Waals surface area contributed by atoms with Gasteiger partial charge in [-0.3, -0.25) is 0 Å². The fourth-order valence-electron chi connectivity index (χ4n) is 8.17. The normalized spacial score (nSPS) is 42.9. The molecule has 0 aromatic rings. The van der Waals surface area contributed by atoms with Crippen LogP contribution in [0.4, 0.5) is 0 Å². The summed E-state index contributed by atoms with van der Waals surface area (Å²) in [4.78, 5) is 0. The third kappa shape index (κ3) is 4.56. The quantitative estimate of drug-likeness (QED) is 0.363. The zero-order valence-corrected chi connectivity index (χ0v) is 20.8. The van der Waals surface area contributed by atoms with Crippen LogP contribution in [0, 0.1) is 34.5 Å². The molecule has 174 valence electrons. The van der Waals surface area contributed by atoms with E-state index >= 15 is 0 Å². The summed E-state index contributed by atoms with van der Waals surface area (Å²) in [6.45, 7) is 13.1. The molecular weight excluding hydrogens is 368 g/mol. The summed E-state index contributed by atoms with van der Waals surface area (Å²) >= 11 is 0. The lowest BCUT2D eigenvalue weighted by atomic mass is 9.47. The first-order valence-corrected chi connectivity index (χ1v) is 13.2. The maximum atomic E-state index is 10.2. The Kier molecular flexibility index (Phi) is 7.50. The van der Waals surface area contributed by atoms with E-state index in [2.05, 4.69) is 19.9 Å². The van der Waals surface area contributed by atoms with Crippen molar-refractivity contribution in [1.82, 2.24) is 0 Å². The molecule has 0 aliphatic heterocycles. The Bertz CT molecular complexity index is 602. The lowest BCUT2D eigenvalue weighted by Crippen LogP contribution is -2.50. The van der Waals surface area contributed by atoms with Crippen LogP contribution < -0.4 is 0 Å². The molecule has 7 unspecified atom stereocenters. The number of hydrogen-bond donors (Lipinski definition) is 2. The monoisotopic (exact) mass is 418 g/mol. The van der Waals surface area contributed by atoms with Crippen LogP contribution in [-0.4, -0.2) is 21.9 Å². The Morgan fingerprint density at radius 2 is 1.73 bits per heavy atom. The molecule has 0 aromatic heterocycles. The van der Waals surface area contributed by atoms with Gasteiger partial charge in [-0.25, -0.2) is 0 Å². The molecule has 3 saturated carbocycles. The molecular formula is C28H50O2. The number of unbranched alkanes of at least 4 members (excludes halogenated alkanes) is 1. The minimum absolute atomic E-state index is 0.0931. The van der Waals surface area contributed by atoms with E-state index in [4.69, 9.17) is 0 Å². The van der Waals surface area contributed by atoms with Crippen molar-refractivity contribution < 1.29 is 10.2 Å². The first-order valence-electron chi connectivity index (χ1n) is 13.2. The van der Waals surface area contributed by atoms with Gasteiger partial charge in [-0.15, -0.1) is 0 Å². The first kappa shape index (κ1) is 24.3. The highest BCUT2D eigenvalue weighted by Crippen LogP contribution is 2.66. The average Bonchev–Trinajstić information content (AvgIpc) is 3.03. The van der Waals surface area contributed by atoms with Crippen molar-refractivity contribution in [3.63, 3.8) is 0 Å². The smallest absolute Gasteiger partial charge is 0.0591 e. The molecule has 30 heavy (non-hydrogen) atoms. The van der Waals surface area contributed by atoms with Crippen LogP contribution in [0.2, 0.25) is 0 Å². The van der Waals surface area contributed by atoms with E-state index in [-0.39, 0.29) is 6.10 Å². The van der Waals surface area contributed by atoms with Crippen LogP contribution in [0.1, 0.15) is 119 Å². The van der Waals surface area contributed by atoms with Gasteiger partial charge in [0, 0.05) is 0 Å². The molecule has 4 rings (SSSR count). The zero-order valence-electron chi connectivity index (χ0n) is 20.8. The van der Waals surface area contributed by atoms with Gasteiger partial charge in [-0.05, 0) is 113 Å². The average molecular weight is 419 g/mol. The summed E-state index contributed by atoms with van der Waals surface area (Å²) in [5.41, 5.74) is 2.01. The van der Waals surface area contributed by atoms with Crippen LogP contribution in [0.3, 0.4) is 0 Å². The van der Waals surface area contributed by atoms with E-state index in [9.17, 15) is 10.2 Å². The third-order valence-electron chi connectivity index (χ3n) is 9.87. The van der Waals surface area contributed by atoms with E-state index in [1.807, 2.05) is 27.7 Å². The summed E-state index contributed by atoms with van der Waals surface area (Å²) in [6, 6.07) is 0. The second-order valence-corrected chi connectivity index (χ2v) is 12.0. The van der Waals surface area contributed by atoms with Gasteiger partial charge in [0.15, 0.2) is 0 Å². The van der Waals surface area contributed by atoms with Crippen LogP contribution in [0.25, 0.3) is 0 Å². The van der Waals surface area contributed by atoms with Crippen molar-refractivity contribution in [2.45, 2.75) is 130 Å². The van der Waals surface area contributed by atoms with Crippen molar-refractivity contribution >= 4 is 0 Å². The number of aliphatic hydroxyl groups is 2. The van der Waals surface area contributed by atoms with Crippen molar-refractivity contribution in [2.75, 3.05) is 0 Å². The number of fused-ring (bicyclic) bond motifs is 5. The maximum Gasteiger partial charge on any atom is 0.0591 e. The lowest BCUT2D eigenvalue weighted by Gasteiger charge is -2.58. The molecule has 3 fully saturated rings. The highest BCUT2D eigenvalue weighted by Gasteiger charge is 2.58. The third-order valence-corrected chi connectivity index (χ3v) is 9.87. The van der Waals surface area contributed by atoms with Crippen LogP contribution in [0.15, 0.2) is 11.6 Å². The first-order chi connectivity index (χ1) is 14.1. The number of aliphatic hydroxyl groups excluding tert-OH is 1. The van der Waals surface area contributed by atoms with Crippen LogP contribution in [-0.2, 0) is 0 Å². The fourth-order valence-corrected chi connectivity index (χ4v) is 8.17. The Hall–Kier alpha value is -0.340. The summed E-state index contributed by atoms with van der Waals surface area (Å²) in [5, 5.41) is 20.2. The van der Waals surface area contributed by atoms with E-state index in [1.54, 1.807) is 5.57 Å². The molecule has 0 amide bonds. The SMILES string of the molecule is CC.CC(C)(O)CCCCC1CCC2C3CC=C4CC(O)CCC4(C)C3CCC12C. The second-order valence-electron chi connectivity index (χ2n) is 12.0. The Morgan fingerprint density at radius 3 is 2.43 bits per heavy atom. The molecule has 2 N–H and O–H groups in total. The molecule has 2 nitrogen and oxygen atoms in total. The van der Waals surface area contributed by atoms with Gasteiger partial charge in [0.05, 0.1) is 11.7 Å². The number of allylic oxidation sites excluding steroid dienone is 1. The van der Waals surface area contributed by atoms with Gasteiger partial charge in [0.25, 0.3) is 0 Å². The topological polar surface area (TPSA) is 40.5 Å². The van der Waals surface area contributed by atoms with Gasteiger partial charge >= 0.3 is 0 Å². The lowest BCUT2D eigenvalue weighted by molar-refractivity contribution is -0.0510. The molecule has 4 aliphatic carbocycles. The van der Waals surface area contributed by atoms with Gasteiger partial charge in [0.2, 0.25) is 0 Å². The molecule has 0 saturated heterocycles. The van der Waals surface area contributed by atoms with Crippen molar-refractivity contribution in [1.29, 1.82) is 0 Å². The van der Waals surface area contributed by atoms with Crippen LogP contribution >= 0.6 is 0 Å². The van der Waals surface area contributed by atoms with Crippen LogP contribution in [0.5, 0.6) is 0 Å². The van der Waals surface area contributed by atoms with E-state index < -0.39 is 5.60 Å². The minimum Gasteiger partial charge on any atom is -0.393 e. The maximum absolute atomic E-state index is 10.2. The van der Waals surface area contributed by atoms with Gasteiger partial charge in [-0.1, -0.05) is 52.2 Å². The Balaban J connectivity index is 0.00000124. The molecule has 2 heteroatoms. The van der Waals surface area contributed by atoms with Gasteiger partial charge in [-0.2, -0.15) is 0 Å². The summed E-state index contributed by atoms with van der Waals surface area (Å²) in [5.74, 6) is 3.54. The largest absolute Gasteiger partial charge is 0.393 e. The summed E-state index contributed by atoms with van der Waals surface area (Å²) in [7, 11) is 0. The molecule has 4 aliphatic rings. The molecule has 0 heterocycles. The Morgan fingerprint density at radius 1 is 1.00 bits per heavy atom. The highest BCUT2D eigenvalue weighted by atomic mass is 16.3. The van der Waals surface area contributed by atoms with Crippen molar-refractivity contribution in [2.24, 2.45) is 34.5 Å². The molecule has 0 spiro atoms. The standard InChI is InChI=1S/C26H44O2.C2H6/c1-24(2,28)14-6-5-7-18-9-11-22-21-10-8-19-17-20(27)12-15-26(19,4)23(21)13-16-25(18,22)3;1-2/h8,18,20-23,27-28H,5-7,9-17H2,1-4H3;1-2H3. The molecule has 0 radical (unpaired) electrons. The fraction of sp³-hybridized carbons (Fsp3) is 0.929. The zero-order chi connectivity index (χ0) is 22.2. The second kappa shape index (κ2) is 9.26. The number of hydrogen-bond acceptors (Lipinski definition) is 2. The van der Waals surface area contributed by atoms with Crippen molar-refractivity contribution in [3.05, 3.63) is 11.6 Å². The molecule has 0 aromatic carbocycles. The molecule has 7 atom stereocenters. The highest BCUT2D eigenvalue weighted by molar-refractivity contribution is 5.25. The van der Waals surface area contributed by atoms with Crippen molar-refractivity contribution in [3.8, 4) is 0 Å². The molecule has 0 bridgehead atoms. The number of rotatable bonds is 5. The van der Waals surface area contributed by atoms with E-state index in [0.29, 0.717) is 10.8 Å². The predicted octanol–water partition coefficient (Wildman–Crippen LogP) is 7.28.